The minimum atomic E-state index is -0.253. The van der Waals surface area contributed by atoms with Crippen LogP contribution in [0.5, 0.6) is 0 Å². The third-order valence-electron chi connectivity index (χ3n) is 3.76. The highest BCUT2D eigenvalue weighted by Gasteiger charge is 2.39. The van der Waals surface area contributed by atoms with Gasteiger partial charge in [-0.3, -0.25) is 14.3 Å². The molecule has 1 aliphatic rings. The van der Waals surface area contributed by atoms with Crippen molar-refractivity contribution in [1.82, 2.24) is 25.0 Å². The lowest BCUT2D eigenvalue weighted by Crippen LogP contribution is -2.43. The Morgan fingerprint density at radius 1 is 1.48 bits per heavy atom. The zero-order chi connectivity index (χ0) is 15.6. The van der Waals surface area contributed by atoms with Crippen LogP contribution in [-0.4, -0.2) is 50.1 Å². The van der Waals surface area contributed by atoms with Crippen molar-refractivity contribution < 1.29 is 9.59 Å². The lowest BCUT2D eigenvalue weighted by atomic mass is 10.1. The van der Waals surface area contributed by atoms with E-state index in [1.165, 1.54) is 6.33 Å². The molecule has 0 saturated carbocycles. The summed E-state index contributed by atoms with van der Waals surface area (Å²) in [5, 5.41) is 6.86. The van der Waals surface area contributed by atoms with E-state index in [0.717, 1.165) is 5.82 Å². The Labute approximate surface area is 124 Å². The van der Waals surface area contributed by atoms with Crippen LogP contribution in [0.4, 0.5) is 0 Å². The maximum Gasteiger partial charge on any atom is 0.225 e. The van der Waals surface area contributed by atoms with Crippen molar-refractivity contribution in [3.8, 4) is 0 Å². The fraction of sp³-hybridized carbons (Fsp3) is 0.714. The predicted octanol–water partition coefficient (Wildman–Crippen LogP) is 0.121. The van der Waals surface area contributed by atoms with Gasteiger partial charge in [0.1, 0.15) is 12.2 Å². The highest BCUT2D eigenvalue weighted by atomic mass is 16.2. The van der Waals surface area contributed by atoms with E-state index in [1.807, 2.05) is 27.8 Å². The first-order valence-corrected chi connectivity index (χ1v) is 7.20. The number of nitrogens with zero attached hydrogens (tertiary/aromatic N) is 4. The Balaban J connectivity index is 1.82. The minimum absolute atomic E-state index is 0.0518. The van der Waals surface area contributed by atoms with Gasteiger partial charge in [-0.1, -0.05) is 0 Å². The highest BCUT2D eigenvalue weighted by Crippen LogP contribution is 2.25. The Bertz CT molecular complexity index is 532. The zero-order valence-electron chi connectivity index (χ0n) is 13.1. The van der Waals surface area contributed by atoms with E-state index >= 15 is 0 Å². The first-order chi connectivity index (χ1) is 9.79. The number of aromatic nitrogens is 3. The molecule has 1 N–H and O–H groups in total. The number of carbonyl (C=O) groups excluding carboxylic acids is 2. The summed E-state index contributed by atoms with van der Waals surface area (Å²) in [7, 11) is 1.82. The van der Waals surface area contributed by atoms with Crippen LogP contribution >= 0.6 is 0 Å². The lowest BCUT2D eigenvalue weighted by Gasteiger charge is -2.31. The van der Waals surface area contributed by atoms with Gasteiger partial charge >= 0.3 is 0 Å². The van der Waals surface area contributed by atoms with Crippen LogP contribution in [0.2, 0.25) is 0 Å². The van der Waals surface area contributed by atoms with Crippen LogP contribution in [0.25, 0.3) is 0 Å². The van der Waals surface area contributed by atoms with Crippen molar-refractivity contribution in [2.75, 3.05) is 13.1 Å². The second-order valence-electron chi connectivity index (χ2n) is 6.42. The van der Waals surface area contributed by atoms with Gasteiger partial charge in [-0.15, -0.1) is 0 Å². The smallest absolute Gasteiger partial charge is 0.225 e. The molecule has 0 bridgehead atoms. The number of amides is 2. The molecule has 1 saturated heterocycles. The average Bonchev–Trinajstić information content (AvgIpc) is 2.95. The van der Waals surface area contributed by atoms with Crippen LogP contribution in [0, 0.1) is 5.92 Å². The zero-order valence-corrected chi connectivity index (χ0v) is 13.1. The van der Waals surface area contributed by atoms with Crippen LogP contribution in [0.1, 0.15) is 33.0 Å². The molecule has 1 aromatic heterocycles. The van der Waals surface area contributed by atoms with E-state index < -0.39 is 0 Å². The summed E-state index contributed by atoms with van der Waals surface area (Å²) in [6.45, 7) is 6.96. The van der Waals surface area contributed by atoms with Crippen LogP contribution in [-0.2, 0) is 23.1 Å². The Morgan fingerprint density at radius 2 is 2.19 bits per heavy atom. The van der Waals surface area contributed by atoms with Crippen molar-refractivity contribution >= 4 is 11.8 Å². The molecule has 1 atom stereocenters. The Kier molecular flexibility index (Phi) is 4.29. The molecule has 7 heteroatoms. The molecule has 1 fully saturated rings. The van der Waals surface area contributed by atoms with Crippen molar-refractivity contribution in [2.45, 2.75) is 39.2 Å². The molecular formula is C14H23N5O2. The van der Waals surface area contributed by atoms with Gasteiger partial charge in [-0.2, -0.15) is 5.10 Å². The van der Waals surface area contributed by atoms with Gasteiger partial charge in [0.2, 0.25) is 11.8 Å². The molecule has 1 unspecified atom stereocenters. The molecular weight excluding hydrogens is 270 g/mol. The maximum atomic E-state index is 12.1. The summed E-state index contributed by atoms with van der Waals surface area (Å²) >= 11 is 0. The molecule has 116 valence electrons. The monoisotopic (exact) mass is 293 g/mol. The molecule has 0 aromatic carbocycles. The van der Waals surface area contributed by atoms with E-state index in [2.05, 4.69) is 15.4 Å². The molecule has 1 aromatic rings. The largest absolute Gasteiger partial charge is 0.355 e. The van der Waals surface area contributed by atoms with Crippen LogP contribution in [0.15, 0.2) is 6.33 Å². The summed E-state index contributed by atoms with van der Waals surface area (Å²) in [6, 6.07) is 0. The SMILES string of the molecule is Cn1ncnc1CCNC(=O)C1CC(=O)N(C(C)(C)C)C1. The molecule has 0 radical (unpaired) electrons. The van der Waals surface area contributed by atoms with Gasteiger partial charge in [0.15, 0.2) is 0 Å². The summed E-state index contributed by atoms with van der Waals surface area (Å²) in [4.78, 5) is 30.0. The Hall–Kier alpha value is -1.92. The topological polar surface area (TPSA) is 80.1 Å². The van der Waals surface area contributed by atoms with E-state index in [4.69, 9.17) is 0 Å². The number of likely N-dealkylation sites (tertiary alicyclic amines) is 1. The van der Waals surface area contributed by atoms with E-state index in [1.54, 1.807) is 9.58 Å². The van der Waals surface area contributed by atoms with Gasteiger partial charge < -0.3 is 10.2 Å². The highest BCUT2D eigenvalue weighted by molar-refractivity contribution is 5.89. The third-order valence-corrected chi connectivity index (χ3v) is 3.76. The first-order valence-electron chi connectivity index (χ1n) is 7.20. The number of hydrogen-bond donors (Lipinski definition) is 1. The quantitative estimate of drug-likeness (QED) is 0.855. The van der Waals surface area contributed by atoms with Crippen LogP contribution < -0.4 is 5.32 Å². The summed E-state index contributed by atoms with van der Waals surface area (Å²) < 4.78 is 1.69. The maximum absolute atomic E-state index is 12.1. The number of rotatable bonds is 4. The third kappa shape index (κ3) is 3.59. The minimum Gasteiger partial charge on any atom is -0.355 e. The van der Waals surface area contributed by atoms with Crippen LogP contribution in [0.3, 0.4) is 0 Å². The van der Waals surface area contributed by atoms with Gasteiger partial charge in [-0.05, 0) is 20.8 Å². The van der Waals surface area contributed by atoms with Crippen molar-refractivity contribution in [3.63, 3.8) is 0 Å². The number of nitrogens with one attached hydrogen (secondary N) is 1. The number of carbonyl (C=O) groups is 2. The Morgan fingerprint density at radius 3 is 2.71 bits per heavy atom. The predicted molar refractivity (Wildman–Crippen MR) is 77.3 cm³/mol. The lowest BCUT2D eigenvalue weighted by molar-refractivity contribution is -0.132. The van der Waals surface area contributed by atoms with E-state index in [0.29, 0.717) is 25.9 Å². The summed E-state index contributed by atoms with van der Waals surface area (Å²) in [6.07, 6.45) is 2.42. The fourth-order valence-electron chi connectivity index (χ4n) is 2.52. The molecule has 0 aliphatic carbocycles. The first kappa shape index (κ1) is 15.5. The molecule has 1 aliphatic heterocycles. The molecule has 2 heterocycles. The molecule has 2 amide bonds. The van der Waals surface area contributed by atoms with E-state index in [-0.39, 0.29) is 23.3 Å². The summed E-state index contributed by atoms with van der Waals surface area (Å²) in [5.74, 6) is 0.568. The number of aryl methyl sites for hydroxylation is 1. The van der Waals surface area contributed by atoms with Crippen molar-refractivity contribution in [3.05, 3.63) is 12.2 Å². The average molecular weight is 293 g/mol. The standard InChI is InChI=1S/C14H23N5O2/c1-14(2,3)19-8-10(7-12(19)20)13(21)15-6-5-11-16-9-17-18(11)4/h9-10H,5-8H2,1-4H3,(H,15,21). The van der Waals surface area contributed by atoms with Gasteiger partial charge in [-0.25, -0.2) is 4.98 Å². The summed E-state index contributed by atoms with van der Waals surface area (Å²) in [5.41, 5.74) is -0.231. The second-order valence-corrected chi connectivity index (χ2v) is 6.42. The molecule has 7 nitrogen and oxygen atoms in total. The van der Waals surface area contributed by atoms with E-state index in [9.17, 15) is 9.59 Å². The van der Waals surface area contributed by atoms with Crippen molar-refractivity contribution in [2.24, 2.45) is 13.0 Å². The van der Waals surface area contributed by atoms with Gasteiger partial charge in [0.05, 0.1) is 5.92 Å². The van der Waals surface area contributed by atoms with Crippen molar-refractivity contribution in [1.29, 1.82) is 0 Å². The molecule has 21 heavy (non-hydrogen) atoms. The molecule has 2 rings (SSSR count). The second kappa shape index (κ2) is 5.83. The normalized spacial score (nSPS) is 19.1. The number of hydrogen-bond acceptors (Lipinski definition) is 4. The molecule has 0 spiro atoms. The van der Waals surface area contributed by atoms with Gasteiger partial charge in [0.25, 0.3) is 0 Å². The fourth-order valence-corrected chi connectivity index (χ4v) is 2.52. The van der Waals surface area contributed by atoms with Gasteiger partial charge in [0, 0.05) is 38.5 Å².